The van der Waals surface area contributed by atoms with Gasteiger partial charge in [-0.25, -0.2) is 4.39 Å². The quantitative estimate of drug-likeness (QED) is 0.914. The molecule has 5 heteroatoms. The van der Waals surface area contributed by atoms with Crippen LogP contribution in [0.15, 0.2) is 24.3 Å². The van der Waals surface area contributed by atoms with Gasteiger partial charge in [0.15, 0.2) is 11.6 Å². The van der Waals surface area contributed by atoms with E-state index in [0.29, 0.717) is 5.56 Å². The van der Waals surface area contributed by atoms with Crippen LogP contribution in [0, 0.1) is 5.82 Å². The average molecular weight is 278 g/mol. The molecule has 1 N–H and O–H groups in total. The van der Waals surface area contributed by atoms with E-state index in [9.17, 15) is 9.50 Å². The largest absolute Gasteiger partial charge is 0.484 e. The highest BCUT2D eigenvalue weighted by atomic mass is 19.1. The van der Waals surface area contributed by atoms with Crippen LogP contribution in [-0.2, 0) is 20.1 Å². The summed E-state index contributed by atoms with van der Waals surface area (Å²) in [5.41, 5.74) is 2.40. The van der Waals surface area contributed by atoms with Crippen LogP contribution in [0.3, 0.4) is 0 Å². The fourth-order valence-electron chi connectivity index (χ4n) is 1.93. The normalized spacial score (nSPS) is 12.4. The second-order valence-corrected chi connectivity index (χ2v) is 4.76. The molecule has 108 valence electrons. The molecule has 4 nitrogen and oxygen atoms in total. The summed E-state index contributed by atoms with van der Waals surface area (Å²) < 4.78 is 21.0. The Morgan fingerprint density at radius 3 is 2.70 bits per heavy atom. The van der Waals surface area contributed by atoms with Crippen molar-refractivity contribution in [2.75, 3.05) is 0 Å². The summed E-state index contributed by atoms with van der Waals surface area (Å²) >= 11 is 0. The Bertz CT molecular complexity index is 594. The Balaban J connectivity index is 2.08. The Hall–Kier alpha value is -1.88. The number of benzene rings is 1. The third-order valence-electron chi connectivity index (χ3n) is 3.20. The lowest BCUT2D eigenvalue weighted by atomic mass is 10.1. The third kappa shape index (κ3) is 3.17. The van der Waals surface area contributed by atoms with E-state index in [1.165, 1.54) is 12.1 Å². The van der Waals surface area contributed by atoms with E-state index in [4.69, 9.17) is 4.74 Å². The van der Waals surface area contributed by atoms with Gasteiger partial charge in [0.1, 0.15) is 6.61 Å². The Labute approximate surface area is 117 Å². The molecule has 0 radical (unpaired) electrons. The van der Waals surface area contributed by atoms with Crippen LogP contribution < -0.4 is 4.74 Å². The lowest BCUT2D eigenvalue weighted by Crippen LogP contribution is -2.04. The molecule has 1 heterocycles. The van der Waals surface area contributed by atoms with E-state index in [-0.39, 0.29) is 12.4 Å². The first-order valence-corrected chi connectivity index (χ1v) is 6.63. The zero-order chi connectivity index (χ0) is 14.7. The molecule has 0 fully saturated rings. The van der Waals surface area contributed by atoms with Crippen molar-refractivity contribution >= 4 is 0 Å². The maximum Gasteiger partial charge on any atom is 0.165 e. The second-order valence-electron chi connectivity index (χ2n) is 4.76. The molecule has 0 saturated carbocycles. The van der Waals surface area contributed by atoms with Crippen molar-refractivity contribution in [1.82, 2.24) is 9.78 Å². The number of aryl methyl sites for hydroxylation is 2. The smallest absolute Gasteiger partial charge is 0.165 e. The van der Waals surface area contributed by atoms with Crippen molar-refractivity contribution in [2.45, 2.75) is 33.0 Å². The summed E-state index contributed by atoms with van der Waals surface area (Å²) in [7, 11) is 1.84. The molecule has 0 aliphatic heterocycles. The highest BCUT2D eigenvalue weighted by Crippen LogP contribution is 2.22. The summed E-state index contributed by atoms with van der Waals surface area (Å²) in [5.74, 6) is -0.296. The van der Waals surface area contributed by atoms with Gasteiger partial charge in [0.05, 0.1) is 17.5 Å². The monoisotopic (exact) mass is 278 g/mol. The standard InChI is InChI=1S/C15H19FN2O2/c1-4-12-8-13(18(3)17-12)9-20-15-6-5-11(10(2)19)7-14(15)16/h5-8,10,19H,4,9H2,1-3H3/t10-/m1/s1. The van der Waals surface area contributed by atoms with Crippen molar-refractivity contribution in [3.8, 4) is 5.75 Å². The van der Waals surface area contributed by atoms with Crippen molar-refractivity contribution in [2.24, 2.45) is 7.05 Å². The third-order valence-corrected chi connectivity index (χ3v) is 3.20. The SMILES string of the molecule is CCc1cc(COc2ccc([C@@H](C)O)cc2F)n(C)n1. The van der Waals surface area contributed by atoms with E-state index >= 15 is 0 Å². The number of hydrogen-bond donors (Lipinski definition) is 1. The fourth-order valence-corrected chi connectivity index (χ4v) is 1.93. The highest BCUT2D eigenvalue weighted by molar-refractivity contribution is 5.30. The second kappa shape index (κ2) is 6.05. The van der Waals surface area contributed by atoms with Gasteiger partial charge in [-0.2, -0.15) is 5.10 Å². The number of halogens is 1. The van der Waals surface area contributed by atoms with Crippen LogP contribution in [0.1, 0.15) is 36.9 Å². The number of rotatable bonds is 5. The summed E-state index contributed by atoms with van der Waals surface area (Å²) in [5, 5.41) is 13.7. The zero-order valence-corrected chi connectivity index (χ0v) is 11.9. The fraction of sp³-hybridized carbons (Fsp3) is 0.400. The molecule has 2 aromatic rings. The Kier molecular flexibility index (Phi) is 4.39. The molecule has 0 spiro atoms. The van der Waals surface area contributed by atoms with E-state index in [1.54, 1.807) is 17.7 Å². The van der Waals surface area contributed by atoms with E-state index in [2.05, 4.69) is 5.10 Å². The topological polar surface area (TPSA) is 47.3 Å². The molecule has 0 bridgehead atoms. The van der Waals surface area contributed by atoms with E-state index < -0.39 is 11.9 Å². The van der Waals surface area contributed by atoms with Crippen molar-refractivity contribution < 1.29 is 14.2 Å². The van der Waals surface area contributed by atoms with Crippen molar-refractivity contribution in [1.29, 1.82) is 0 Å². The summed E-state index contributed by atoms with van der Waals surface area (Å²) in [6, 6.07) is 6.43. The molecule has 1 atom stereocenters. The van der Waals surface area contributed by atoms with E-state index in [0.717, 1.165) is 17.8 Å². The van der Waals surface area contributed by atoms with E-state index in [1.807, 2.05) is 20.0 Å². The molecule has 1 aromatic carbocycles. The number of aliphatic hydroxyl groups is 1. The van der Waals surface area contributed by atoms with Crippen LogP contribution in [-0.4, -0.2) is 14.9 Å². The number of nitrogens with zero attached hydrogens (tertiary/aromatic N) is 2. The molecule has 0 amide bonds. The molecular formula is C15H19FN2O2. The Morgan fingerprint density at radius 1 is 1.40 bits per heavy atom. The van der Waals surface area contributed by atoms with Gasteiger partial charge >= 0.3 is 0 Å². The molecule has 2 rings (SSSR count). The van der Waals surface area contributed by atoms with Crippen molar-refractivity contribution in [3.05, 3.63) is 47.0 Å². The van der Waals surface area contributed by atoms with Crippen molar-refractivity contribution in [3.63, 3.8) is 0 Å². The minimum Gasteiger partial charge on any atom is -0.484 e. The predicted molar refractivity (Wildman–Crippen MR) is 74.0 cm³/mol. The maximum atomic E-state index is 13.8. The van der Waals surface area contributed by atoms with Gasteiger partial charge in [0.2, 0.25) is 0 Å². The molecule has 0 unspecified atom stereocenters. The number of ether oxygens (including phenoxy) is 1. The minimum atomic E-state index is -0.692. The van der Waals surface area contributed by atoms with Gasteiger partial charge in [-0.3, -0.25) is 4.68 Å². The maximum absolute atomic E-state index is 13.8. The predicted octanol–water partition coefficient (Wildman–Crippen LogP) is 2.75. The molecule has 0 saturated heterocycles. The van der Waals surface area contributed by atoms with Gasteiger partial charge in [-0.15, -0.1) is 0 Å². The number of aliphatic hydroxyl groups excluding tert-OH is 1. The number of hydrogen-bond acceptors (Lipinski definition) is 3. The van der Waals surface area contributed by atoms with Crippen LogP contribution in [0.4, 0.5) is 4.39 Å². The first kappa shape index (κ1) is 14.5. The minimum absolute atomic E-state index is 0.175. The molecule has 1 aromatic heterocycles. The Morgan fingerprint density at radius 2 is 2.15 bits per heavy atom. The first-order valence-electron chi connectivity index (χ1n) is 6.63. The van der Waals surface area contributed by atoms with Crippen LogP contribution in [0.5, 0.6) is 5.75 Å². The van der Waals surface area contributed by atoms with Crippen LogP contribution in [0.2, 0.25) is 0 Å². The van der Waals surface area contributed by atoms with Crippen LogP contribution >= 0.6 is 0 Å². The van der Waals surface area contributed by atoms with Gasteiger partial charge in [-0.05, 0) is 37.1 Å². The van der Waals surface area contributed by atoms with Gasteiger partial charge in [0.25, 0.3) is 0 Å². The van der Waals surface area contributed by atoms with Gasteiger partial charge < -0.3 is 9.84 Å². The highest BCUT2D eigenvalue weighted by Gasteiger charge is 2.10. The lowest BCUT2D eigenvalue weighted by Gasteiger charge is -2.10. The zero-order valence-electron chi connectivity index (χ0n) is 11.9. The number of aromatic nitrogens is 2. The molecular weight excluding hydrogens is 259 g/mol. The van der Waals surface area contributed by atoms with Gasteiger partial charge in [-0.1, -0.05) is 13.0 Å². The van der Waals surface area contributed by atoms with Gasteiger partial charge in [0, 0.05) is 7.05 Å². The molecule has 0 aliphatic rings. The van der Waals surface area contributed by atoms with Crippen LogP contribution in [0.25, 0.3) is 0 Å². The summed E-state index contributed by atoms with van der Waals surface area (Å²) in [4.78, 5) is 0. The molecule has 20 heavy (non-hydrogen) atoms. The summed E-state index contributed by atoms with van der Waals surface area (Å²) in [6.07, 6.45) is 0.161. The summed E-state index contributed by atoms with van der Waals surface area (Å²) in [6.45, 7) is 3.88. The molecule has 0 aliphatic carbocycles. The average Bonchev–Trinajstić information content (AvgIpc) is 2.78. The first-order chi connectivity index (χ1) is 9.51. The lowest BCUT2D eigenvalue weighted by molar-refractivity contribution is 0.198.